The third-order valence-corrected chi connectivity index (χ3v) is 6.45. The highest BCUT2D eigenvalue weighted by Crippen LogP contribution is 2.51. The van der Waals surface area contributed by atoms with Crippen molar-refractivity contribution in [3.8, 4) is 5.75 Å². The molecular weight excluding hydrogens is 294 g/mol. The molecule has 0 aromatic heterocycles. The van der Waals surface area contributed by atoms with Crippen LogP contribution >= 0.6 is 0 Å². The SMILES string of the molecule is CC1N(CCc2ccccc2)C2CCCC1(c1cccc(O)c1)C2. The molecule has 0 amide bonds. The van der Waals surface area contributed by atoms with Gasteiger partial charge in [-0.1, -0.05) is 48.9 Å². The van der Waals surface area contributed by atoms with E-state index in [4.69, 9.17) is 0 Å². The number of phenolic OH excluding ortho intramolecular Hbond substituents is 1. The summed E-state index contributed by atoms with van der Waals surface area (Å²) in [7, 11) is 0. The van der Waals surface area contributed by atoms with Crippen molar-refractivity contribution in [3.63, 3.8) is 0 Å². The first-order valence-electron chi connectivity index (χ1n) is 9.28. The molecule has 2 aliphatic rings. The van der Waals surface area contributed by atoms with Gasteiger partial charge in [0.25, 0.3) is 0 Å². The van der Waals surface area contributed by atoms with Crippen LogP contribution in [0.5, 0.6) is 5.75 Å². The van der Waals surface area contributed by atoms with Gasteiger partial charge in [0.2, 0.25) is 0 Å². The quantitative estimate of drug-likeness (QED) is 0.895. The predicted octanol–water partition coefficient (Wildman–Crippen LogP) is 4.52. The third-order valence-electron chi connectivity index (χ3n) is 6.45. The molecule has 1 N–H and O–H groups in total. The van der Waals surface area contributed by atoms with Crippen molar-refractivity contribution < 1.29 is 5.11 Å². The van der Waals surface area contributed by atoms with E-state index in [1.165, 1.54) is 36.8 Å². The lowest BCUT2D eigenvalue weighted by atomic mass is 9.67. The summed E-state index contributed by atoms with van der Waals surface area (Å²) >= 11 is 0. The predicted molar refractivity (Wildman–Crippen MR) is 98.4 cm³/mol. The summed E-state index contributed by atoms with van der Waals surface area (Å²) < 4.78 is 0. The average Bonchev–Trinajstić information content (AvgIpc) is 2.81. The van der Waals surface area contributed by atoms with Gasteiger partial charge in [-0.2, -0.15) is 0 Å². The molecule has 126 valence electrons. The molecular formula is C22H27NO. The van der Waals surface area contributed by atoms with Crippen LogP contribution in [0, 0.1) is 0 Å². The van der Waals surface area contributed by atoms with E-state index in [2.05, 4.69) is 48.2 Å². The fourth-order valence-corrected chi connectivity index (χ4v) is 5.17. The topological polar surface area (TPSA) is 23.5 Å². The number of phenols is 1. The molecule has 1 saturated carbocycles. The molecule has 2 bridgehead atoms. The first-order valence-corrected chi connectivity index (χ1v) is 9.28. The van der Waals surface area contributed by atoms with Gasteiger partial charge < -0.3 is 5.11 Å². The molecule has 0 radical (unpaired) electrons. The van der Waals surface area contributed by atoms with Gasteiger partial charge in [-0.25, -0.2) is 0 Å². The Bertz CT molecular complexity index is 698. The number of hydrogen-bond acceptors (Lipinski definition) is 2. The maximum atomic E-state index is 9.96. The highest BCUT2D eigenvalue weighted by Gasteiger charge is 2.52. The highest BCUT2D eigenvalue weighted by atomic mass is 16.3. The summed E-state index contributed by atoms with van der Waals surface area (Å²) in [6.07, 6.45) is 6.23. The van der Waals surface area contributed by atoms with Gasteiger partial charge in [0.05, 0.1) is 0 Å². The van der Waals surface area contributed by atoms with Gasteiger partial charge in [-0.3, -0.25) is 4.90 Å². The fourth-order valence-electron chi connectivity index (χ4n) is 5.17. The molecule has 2 aromatic rings. The zero-order valence-electron chi connectivity index (χ0n) is 14.5. The summed E-state index contributed by atoms with van der Waals surface area (Å²) in [5.41, 5.74) is 2.98. The number of benzene rings is 2. The lowest BCUT2D eigenvalue weighted by molar-refractivity contribution is 0.194. The van der Waals surface area contributed by atoms with Crippen molar-refractivity contribution in [3.05, 3.63) is 65.7 Å². The zero-order chi connectivity index (χ0) is 16.6. The molecule has 1 saturated heterocycles. The minimum Gasteiger partial charge on any atom is -0.508 e. The minimum absolute atomic E-state index is 0.221. The largest absolute Gasteiger partial charge is 0.508 e. The summed E-state index contributed by atoms with van der Waals surface area (Å²) in [6.45, 7) is 3.54. The van der Waals surface area contributed by atoms with Crippen LogP contribution in [0.1, 0.15) is 43.7 Å². The molecule has 3 atom stereocenters. The molecule has 1 aliphatic heterocycles. The first kappa shape index (κ1) is 15.7. The van der Waals surface area contributed by atoms with Gasteiger partial charge in [0, 0.05) is 24.0 Å². The lowest BCUT2D eigenvalue weighted by Gasteiger charge is -2.37. The molecule has 2 aromatic carbocycles. The van der Waals surface area contributed by atoms with E-state index < -0.39 is 0 Å². The number of likely N-dealkylation sites (tertiary alicyclic amines) is 1. The van der Waals surface area contributed by atoms with Crippen LogP contribution in [0.3, 0.4) is 0 Å². The van der Waals surface area contributed by atoms with E-state index in [9.17, 15) is 5.11 Å². The molecule has 24 heavy (non-hydrogen) atoms. The van der Waals surface area contributed by atoms with Crippen LogP contribution in [0.2, 0.25) is 0 Å². The second kappa shape index (κ2) is 6.25. The number of hydrogen-bond donors (Lipinski definition) is 1. The summed E-state index contributed by atoms with van der Waals surface area (Å²) in [5.74, 6) is 0.402. The van der Waals surface area contributed by atoms with E-state index in [1.54, 1.807) is 6.07 Å². The number of fused-ring (bicyclic) bond motifs is 2. The van der Waals surface area contributed by atoms with Crippen LogP contribution in [0.4, 0.5) is 0 Å². The fraction of sp³-hybridized carbons (Fsp3) is 0.455. The Hall–Kier alpha value is -1.80. The highest BCUT2D eigenvalue weighted by molar-refractivity contribution is 5.37. The second-order valence-corrected chi connectivity index (χ2v) is 7.61. The van der Waals surface area contributed by atoms with E-state index >= 15 is 0 Å². The Labute approximate surface area is 145 Å². The Morgan fingerprint density at radius 3 is 2.75 bits per heavy atom. The third kappa shape index (κ3) is 2.63. The summed E-state index contributed by atoms with van der Waals surface area (Å²) in [4.78, 5) is 2.74. The lowest BCUT2D eigenvalue weighted by Crippen LogP contribution is -2.41. The Morgan fingerprint density at radius 1 is 1.12 bits per heavy atom. The smallest absolute Gasteiger partial charge is 0.115 e. The van der Waals surface area contributed by atoms with Crippen LogP contribution in [-0.2, 0) is 11.8 Å². The minimum atomic E-state index is 0.221. The molecule has 1 heterocycles. The van der Waals surface area contributed by atoms with Gasteiger partial charge in [-0.05, 0) is 55.9 Å². The number of nitrogens with zero attached hydrogens (tertiary/aromatic N) is 1. The molecule has 2 nitrogen and oxygen atoms in total. The Balaban J connectivity index is 1.57. The molecule has 3 unspecified atom stereocenters. The van der Waals surface area contributed by atoms with Crippen molar-refractivity contribution >= 4 is 0 Å². The van der Waals surface area contributed by atoms with Gasteiger partial charge in [0.15, 0.2) is 0 Å². The van der Waals surface area contributed by atoms with Gasteiger partial charge in [-0.15, -0.1) is 0 Å². The van der Waals surface area contributed by atoms with Gasteiger partial charge in [0.1, 0.15) is 5.75 Å². The normalized spacial score (nSPS) is 29.7. The monoisotopic (exact) mass is 321 g/mol. The number of aromatic hydroxyl groups is 1. The molecule has 2 fully saturated rings. The molecule has 4 rings (SSSR count). The summed E-state index contributed by atoms with van der Waals surface area (Å²) in [6, 6.07) is 20.1. The van der Waals surface area contributed by atoms with Crippen molar-refractivity contribution in [2.45, 2.75) is 56.5 Å². The standard InChI is InChI=1S/C22H27NO/c1-17-22(19-9-5-11-21(24)15-19)13-6-10-20(16-22)23(17)14-12-18-7-3-2-4-8-18/h2-5,7-9,11,15,17,20,24H,6,10,12-14,16H2,1H3. The van der Waals surface area contributed by atoms with E-state index in [0.717, 1.165) is 13.0 Å². The van der Waals surface area contributed by atoms with Crippen LogP contribution in [0.25, 0.3) is 0 Å². The zero-order valence-corrected chi connectivity index (χ0v) is 14.5. The Morgan fingerprint density at radius 2 is 1.96 bits per heavy atom. The molecule has 1 aliphatic carbocycles. The maximum absolute atomic E-state index is 9.96. The number of rotatable bonds is 4. The van der Waals surface area contributed by atoms with Crippen molar-refractivity contribution in [1.29, 1.82) is 0 Å². The van der Waals surface area contributed by atoms with E-state index in [-0.39, 0.29) is 5.41 Å². The second-order valence-electron chi connectivity index (χ2n) is 7.61. The molecule has 0 spiro atoms. The van der Waals surface area contributed by atoms with Crippen LogP contribution in [0.15, 0.2) is 54.6 Å². The average molecular weight is 321 g/mol. The van der Waals surface area contributed by atoms with Gasteiger partial charge >= 0.3 is 0 Å². The van der Waals surface area contributed by atoms with Crippen molar-refractivity contribution in [2.75, 3.05) is 6.54 Å². The van der Waals surface area contributed by atoms with Crippen molar-refractivity contribution in [2.24, 2.45) is 0 Å². The maximum Gasteiger partial charge on any atom is 0.115 e. The van der Waals surface area contributed by atoms with E-state index in [1.807, 2.05) is 12.1 Å². The summed E-state index contributed by atoms with van der Waals surface area (Å²) in [5, 5.41) is 9.96. The van der Waals surface area contributed by atoms with Crippen molar-refractivity contribution in [1.82, 2.24) is 4.90 Å². The van der Waals surface area contributed by atoms with Crippen LogP contribution < -0.4 is 0 Å². The Kier molecular flexibility index (Phi) is 4.09. The first-order chi connectivity index (χ1) is 11.7. The molecule has 2 heteroatoms. The van der Waals surface area contributed by atoms with Crippen LogP contribution in [-0.4, -0.2) is 28.6 Å². The van der Waals surface area contributed by atoms with E-state index in [0.29, 0.717) is 17.8 Å².